The van der Waals surface area contributed by atoms with E-state index in [1.165, 1.54) is 10.4 Å². The highest BCUT2D eigenvalue weighted by Crippen LogP contribution is 2.44. The molecular weight excluding hydrogens is 320 g/mol. The molecule has 0 atom stereocenters. The summed E-state index contributed by atoms with van der Waals surface area (Å²) in [6, 6.07) is 8.06. The van der Waals surface area contributed by atoms with E-state index in [1.54, 1.807) is 11.3 Å². The number of aryl methyl sites for hydroxylation is 1. The van der Waals surface area contributed by atoms with Gasteiger partial charge in [0.1, 0.15) is 12.4 Å². The largest absolute Gasteiger partial charge is 0.488 e. The molecule has 3 rings (SSSR count). The number of ether oxygens (including phenoxy) is 1. The number of carbonyl (C=O) groups is 1. The summed E-state index contributed by atoms with van der Waals surface area (Å²) in [5.41, 5.74) is 3.42. The number of hydrogen-bond donors (Lipinski definition) is 1. The molecule has 4 nitrogen and oxygen atoms in total. The molecule has 0 bridgehead atoms. The summed E-state index contributed by atoms with van der Waals surface area (Å²) in [6.45, 7) is 10.5. The van der Waals surface area contributed by atoms with E-state index >= 15 is 0 Å². The van der Waals surface area contributed by atoms with Crippen LogP contribution in [0, 0.1) is 6.92 Å². The van der Waals surface area contributed by atoms with Gasteiger partial charge in [0.15, 0.2) is 0 Å². The molecule has 1 aromatic heterocycles. The zero-order chi connectivity index (χ0) is 17.1. The van der Waals surface area contributed by atoms with E-state index in [0.29, 0.717) is 13.2 Å². The number of nitrogens with one attached hydrogen (secondary N) is 1. The predicted molar refractivity (Wildman–Crippen MR) is 98.9 cm³/mol. The Morgan fingerprint density at radius 2 is 2.12 bits per heavy atom. The Kier molecular flexibility index (Phi) is 5.21. The van der Waals surface area contributed by atoms with Crippen molar-refractivity contribution in [3.8, 4) is 16.2 Å². The number of rotatable bonds is 6. The fourth-order valence-electron chi connectivity index (χ4n) is 3.02. The maximum absolute atomic E-state index is 12.5. The van der Waals surface area contributed by atoms with Gasteiger partial charge in [-0.05, 0) is 37.7 Å². The van der Waals surface area contributed by atoms with Gasteiger partial charge in [-0.1, -0.05) is 26.0 Å². The lowest BCUT2D eigenvalue weighted by atomic mass is 10.0. The molecule has 1 aromatic carbocycles. The minimum atomic E-state index is 0.0108. The average Bonchev–Trinajstić information content (AvgIpc) is 3.03. The van der Waals surface area contributed by atoms with Crippen LogP contribution in [-0.2, 0) is 6.61 Å². The molecule has 0 radical (unpaired) electrons. The predicted octanol–water partition coefficient (Wildman–Crippen LogP) is 3.69. The van der Waals surface area contributed by atoms with Crippen LogP contribution in [0.15, 0.2) is 24.3 Å². The Bertz CT molecular complexity index is 735. The van der Waals surface area contributed by atoms with Crippen molar-refractivity contribution in [3.63, 3.8) is 0 Å². The number of carbonyl (C=O) groups excluding carboxylic acids is 1. The van der Waals surface area contributed by atoms with Crippen LogP contribution in [0.3, 0.4) is 0 Å². The highest BCUT2D eigenvalue weighted by molar-refractivity contribution is 7.17. The second-order valence-electron chi connectivity index (χ2n) is 5.98. The van der Waals surface area contributed by atoms with E-state index in [1.807, 2.05) is 18.2 Å². The highest BCUT2D eigenvalue weighted by atomic mass is 32.1. The molecule has 1 amide bonds. The molecule has 0 saturated carbocycles. The smallest absolute Gasteiger partial charge is 0.261 e. The number of thiophene rings is 1. The van der Waals surface area contributed by atoms with Gasteiger partial charge in [-0.2, -0.15) is 0 Å². The molecule has 0 aliphatic carbocycles. The fraction of sp³-hybridized carbons (Fsp3) is 0.421. The molecule has 1 N–H and O–H groups in total. The van der Waals surface area contributed by atoms with Crippen molar-refractivity contribution in [3.05, 3.63) is 40.3 Å². The molecule has 2 heterocycles. The summed E-state index contributed by atoms with van der Waals surface area (Å²) in [5, 5.41) is 3.03. The molecule has 0 saturated heterocycles. The van der Waals surface area contributed by atoms with Crippen molar-refractivity contribution in [2.45, 2.75) is 27.4 Å². The number of hydrogen-bond acceptors (Lipinski definition) is 4. The van der Waals surface area contributed by atoms with E-state index in [9.17, 15) is 4.79 Å². The van der Waals surface area contributed by atoms with E-state index in [2.05, 4.69) is 37.1 Å². The molecule has 5 heteroatoms. The van der Waals surface area contributed by atoms with Crippen LogP contribution in [0.1, 0.15) is 34.6 Å². The third kappa shape index (κ3) is 3.32. The Morgan fingerprint density at radius 3 is 2.88 bits per heavy atom. The summed E-state index contributed by atoms with van der Waals surface area (Å²) in [4.78, 5) is 16.7. The minimum Gasteiger partial charge on any atom is -0.488 e. The Balaban J connectivity index is 1.74. The van der Waals surface area contributed by atoms with Gasteiger partial charge in [-0.25, -0.2) is 0 Å². The third-order valence-corrected chi connectivity index (χ3v) is 5.68. The highest BCUT2D eigenvalue weighted by Gasteiger charge is 2.23. The standard InChI is InChI=1S/C19H24N2O2S/c1-4-21(5-2)10-9-20-19(22)16-11-14-12-23-15-8-6-7-13(3)17(15)18(14)24-16/h6-8,11H,4-5,9-10,12H2,1-3H3,(H,20,22). The number of fused-ring (bicyclic) bond motifs is 3. The molecule has 1 aliphatic rings. The summed E-state index contributed by atoms with van der Waals surface area (Å²) in [5.74, 6) is 0.925. The first kappa shape index (κ1) is 17.0. The normalized spacial score (nSPS) is 12.5. The average molecular weight is 344 g/mol. The van der Waals surface area contributed by atoms with Crippen molar-refractivity contribution in [1.29, 1.82) is 0 Å². The Labute approximate surface area is 147 Å². The Hall–Kier alpha value is -1.85. The van der Waals surface area contributed by atoms with Crippen LogP contribution in [0.25, 0.3) is 10.4 Å². The van der Waals surface area contributed by atoms with Gasteiger partial charge >= 0.3 is 0 Å². The lowest BCUT2D eigenvalue weighted by Gasteiger charge is -2.19. The quantitative estimate of drug-likeness (QED) is 0.869. The zero-order valence-electron chi connectivity index (χ0n) is 14.5. The molecule has 1 aliphatic heterocycles. The second-order valence-corrected chi connectivity index (χ2v) is 7.04. The van der Waals surface area contributed by atoms with E-state index in [0.717, 1.165) is 41.4 Å². The maximum Gasteiger partial charge on any atom is 0.261 e. The van der Waals surface area contributed by atoms with Crippen LogP contribution in [-0.4, -0.2) is 37.0 Å². The second kappa shape index (κ2) is 7.36. The summed E-state index contributed by atoms with van der Waals surface area (Å²) in [6.07, 6.45) is 0. The first-order valence-electron chi connectivity index (χ1n) is 8.50. The minimum absolute atomic E-state index is 0.0108. The van der Waals surface area contributed by atoms with Crippen LogP contribution in [0.2, 0.25) is 0 Å². The van der Waals surface area contributed by atoms with Crippen LogP contribution in [0.4, 0.5) is 0 Å². The fourth-order valence-corrected chi connectivity index (χ4v) is 4.22. The van der Waals surface area contributed by atoms with Gasteiger partial charge in [-0.3, -0.25) is 4.79 Å². The van der Waals surface area contributed by atoms with Crippen LogP contribution < -0.4 is 10.1 Å². The van der Waals surface area contributed by atoms with Crippen molar-refractivity contribution in [1.82, 2.24) is 10.2 Å². The number of nitrogens with zero attached hydrogens (tertiary/aromatic N) is 1. The van der Waals surface area contributed by atoms with Gasteiger partial charge in [-0.15, -0.1) is 11.3 Å². The van der Waals surface area contributed by atoms with E-state index < -0.39 is 0 Å². The van der Waals surface area contributed by atoms with E-state index in [-0.39, 0.29) is 5.91 Å². The molecular formula is C19H24N2O2S. The number of amides is 1. The molecule has 0 spiro atoms. The van der Waals surface area contributed by atoms with Gasteiger partial charge in [0.25, 0.3) is 5.91 Å². The molecule has 0 fully saturated rings. The summed E-state index contributed by atoms with van der Waals surface area (Å²) < 4.78 is 5.83. The Morgan fingerprint density at radius 1 is 1.33 bits per heavy atom. The van der Waals surface area contributed by atoms with Crippen LogP contribution >= 0.6 is 11.3 Å². The first-order valence-corrected chi connectivity index (χ1v) is 9.31. The third-order valence-electron chi connectivity index (χ3n) is 4.49. The first-order chi connectivity index (χ1) is 11.6. The van der Waals surface area contributed by atoms with Crippen LogP contribution in [0.5, 0.6) is 5.75 Å². The van der Waals surface area contributed by atoms with Gasteiger partial charge in [0.2, 0.25) is 0 Å². The lowest BCUT2D eigenvalue weighted by Crippen LogP contribution is -2.34. The van der Waals surface area contributed by atoms with E-state index in [4.69, 9.17) is 4.74 Å². The lowest BCUT2D eigenvalue weighted by molar-refractivity contribution is 0.0953. The molecule has 2 aromatic rings. The summed E-state index contributed by atoms with van der Waals surface area (Å²) in [7, 11) is 0. The SMILES string of the molecule is CCN(CC)CCNC(=O)c1cc2c(s1)-c1c(C)cccc1OC2. The number of likely N-dealkylation sites (N-methyl/N-ethyl adjacent to an activating group) is 1. The molecule has 128 valence electrons. The topological polar surface area (TPSA) is 41.6 Å². The monoisotopic (exact) mass is 344 g/mol. The van der Waals surface area contributed by atoms with Crippen molar-refractivity contribution >= 4 is 17.2 Å². The summed E-state index contributed by atoms with van der Waals surface area (Å²) >= 11 is 1.56. The molecule has 24 heavy (non-hydrogen) atoms. The maximum atomic E-state index is 12.5. The van der Waals surface area contributed by atoms with Crippen molar-refractivity contribution < 1.29 is 9.53 Å². The number of benzene rings is 1. The molecule has 0 unspecified atom stereocenters. The van der Waals surface area contributed by atoms with Crippen molar-refractivity contribution in [2.75, 3.05) is 26.2 Å². The van der Waals surface area contributed by atoms with Gasteiger partial charge in [0.05, 0.1) is 4.88 Å². The zero-order valence-corrected chi connectivity index (χ0v) is 15.3. The van der Waals surface area contributed by atoms with Gasteiger partial charge < -0.3 is 15.0 Å². The van der Waals surface area contributed by atoms with Crippen molar-refractivity contribution in [2.24, 2.45) is 0 Å². The van der Waals surface area contributed by atoms with Gasteiger partial charge in [0, 0.05) is 29.1 Å².